The van der Waals surface area contributed by atoms with Crippen molar-refractivity contribution in [3.8, 4) is 0 Å². The predicted octanol–water partition coefficient (Wildman–Crippen LogP) is 1.40. The minimum atomic E-state index is -0.111. The van der Waals surface area contributed by atoms with Crippen LogP contribution < -0.4 is 5.73 Å². The van der Waals surface area contributed by atoms with Crippen LogP contribution in [0, 0.1) is 0 Å². The first-order valence-corrected chi connectivity index (χ1v) is 5.55. The number of carbonyl (C=O) groups is 1. The Balaban J connectivity index is 0.00000162. The summed E-state index contributed by atoms with van der Waals surface area (Å²) in [6, 6.07) is 7.57. The van der Waals surface area contributed by atoms with E-state index in [2.05, 4.69) is 10.2 Å². The molecule has 1 atom stereocenters. The Morgan fingerprint density at radius 3 is 2.83 bits per heavy atom. The summed E-state index contributed by atoms with van der Waals surface area (Å²) in [5, 5.41) is 7.77. The fourth-order valence-electron chi connectivity index (χ4n) is 1.65. The third kappa shape index (κ3) is 2.47. The van der Waals surface area contributed by atoms with Crippen LogP contribution in [0.1, 0.15) is 17.4 Å². The van der Waals surface area contributed by atoms with Gasteiger partial charge in [-0.2, -0.15) is 5.10 Å². The number of para-hydroxylation sites is 1. The molecule has 0 aliphatic heterocycles. The zero-order valence-corrected chi connectivity index (χ0v) is 11.2. The van der Waals surface area contributed by atoms with Gasteiger partial charge in [0.2, 0.25) is 0 Å². The van der Waals surface area contributed by atoms with Crippen molar-refractivity contribution in [3.63, 3.8) is 0 Å². The highest BCUT2D eigenvalue weighted by Gasteiger charge is 2.20. The van der Waals surface area contributed by atoms with E-state index >= 15 is 0 Å². The van der Waals surface area contributed by atoms with E-state index in [1.165, 1.54) is 0 Å². The Hall–Kier alpha value is -1.59. The molecule has 2 aromatic rings. The number of carbonyl (C=O) groups excluding carboxylic acids is 1. The van der Waals surface area contributed by atoms with Crippen LogP contribution in [0.4, 0.5) is 0 Å². The minimum absolute atomic E-state index is 0. The van der Waals surface area contributed by atoms with Crippen LogP contribution in [-0.2, 0) is 0 Å². The zero-order chi connectivity index (χ0) is 12.4. The zero-order valence-electron chi connectivity index (χ0n) is 10.4. The van der Waals surface area contributed by atoms with Crippen LogP contribution in [-0.4, -0.2) is 40.6 Å². The average Bonchev–Trinajstić information content (AvgIpc) is 2.79. The molecule has 0 spiro atoms. The monoisotopic (exact) mass is 268 g/mol. The molecule has 0 saturated carbocycles. The van der Waals surface area contributed by atoms with E-state index in [1.54, 1.807) is 11.9 Å². The smallest absolute Gasteiger partial charge is 0.275 e. The molecule has 0 bridgehead atoms. The Morgan fingerprint density at radius 2 is 2.17 bits per heavy atom. The number of aromatic nitrogens is 2. The summed E-state index contributed by atoms with van der Waals surface area (Å²) in [7, 11) is 1.74. The second kappa shape index (κ2) is 5.84. The van der Waals surface area contributed by atoms with E-state index in [-0.39, 0.29) is 24.4 Å². The van der Waals surface area contributed by atoms with E-state index in [4.69, 9.17) is 5.73 Å². The average molecular weight is 269 g/mol. The molecule has 0 radical (unpaired) electrons. The van der Waals surface area contributed by atoms with Crippen LogP contribution in [0.5, 0.6) is 0 Å². The number of fused-ring (bicyclic) bond motifs is 1. The summed E-state index contributed by atoms with van der Waals surface area (Å²) in [6.07, 6.45) is 0. The van der Waals surface area contributed by atoms with Gasteiger partial charge in [0, 0.05) is 25.0 Å². The number of aromatic amines is 1. The largest absolute Gasteiger partial charge is 0.336 e. The molecule has 0 aliphatic rings. The van der Waals surface area contributed by atoms with Gasteiger partial charge >= 0.3 is 0 Å². The standard InChI is InChI=1S/C12H16N4O.ClH/c1-8(7-13)16(2)12(17)11-9-5-3-4-6-10(9)14-15-11;/h3-6,8H,7,13H2,1-2H3,(H,14,15);1H. The lowest BCUT2D eigenvalue weighted by molar-refractivity contribution is 0.0744. The van der Waals surface area contributed by atoms with Gasteiger partial charge in [0.15, 0.2) is 5.69 Å². The first kappa shape index (κ1) is 14.5. The van der Waals surface area contributed by atoms with Crippen molar-refractivity contribution in [1.29, 1.82) is 0 Å². The summed E-state index contributed by atoms with van der Waals surface area (Å²) >= 11 is 0. The van der Waals surface area contributed by atoms with Gasteiger partial charge in [-0.3, -0.25) is 9.89 Å². The summed E-state index contributed by atoms with van der Waals surface area (Å²) in [6.45, 7) is 2.34. The van der Waals surface area contributed by atoms with Gasteiger partial charge in [0.1, 0.15) is 0 Å². The number of amides is 1. The quantitative estimate of drug-likeness (QED) is 0.884. The van der Waals surface area contributed by atoms with Crippen LogP contribution in [0.25, 0.3) is 10.9 Å². The number of nitrogens with zero attached hydrogens (tertiary/aromatic N) is 2. The van der Waals surface area contributed by atoms with Gasteiger partial charge in [-0.25, -0.2) is 0 Å². The highest BCUT2D eigenvalue weighted by Crippen LogP contribution is 2.16. The van der Waals surface area contributed by atoms with Gasteiger partial charge in [-0.1, -0.05) is 18.2 Å². The topological polar surface area (TPSA) is 75.0 Å². The van der Waals surface area contributed by atoms with Crippen LogP contribution in [0.3, 0.4) is 0 Å². The number of likely N-dealkylation sites (N-methyl/N-ethyl adjacent to an activating group) is 1. The number of benzene rings is 1. The van der Waals surface area contributed by atoms with Gasteiger partial charge in [0.05, 0.1) is 5.52 Å². The normalized spacial score (nSPS) is 11.9. The Kier molecular flexibility index (Phi) is 4.69. The maximum Gasteiger partial charge on any atom is 0.275 e. The molecule has 1 heterocycles. The maximum absolute atomic E-state index is 12.2. The molecule has 1 unspecified atom stereocenters. The first-order chi connectivity index (χ1) is 8.15. The van der Waals surface area contributed by atoms with Gasteiger partial charge in [-0.05, 0) is 13.0 Å². The van der Waals surface area contributed by atoms with Gasteiger partial charge < -0.3 is 10.6 Å². The van der Waals surface area contributed by atoms with E-state index < -0.39 is 0 Å². The molecule has 18 heavy (non-hydrogen) atoms. The molecule has 3 N–H and O–H groups in total. The fraction of sp³-hybridized carbons (Fsp3) is 0.333. The van der Waals surface area contributed by atoms with E-state index in [9.17, 15) is 4.79 Å². The van der Waals surface area contributed by atoms with Crippen LogP contribution >= 0.6 is 12.4 Å². The number of hydrogen-bond donors (Lipinski definition) is 2. The van der Waals surface area contributed by atoms with E-state index in [1.807, 2.05) is 31.2 Å². The fourth-order valence-corrected chi connectivity index (χ4v) is 1.65. The molecule has 1 aromatic carbocycles. The highest BCUT2D eigenvalue weighted by atomic mass is 35.5. The van der Waals surface area contributed by atoms with Gasteiger partial charge in [0.25, 0.3) is 5.91 Å². The first-order valence-electron chi connectivity index (χ1n) is 5.55. The Labute approximate surface area is 112 Å². The van der Waals surface area contributed by atoms with Crippen molar-refractivity contribution in [2.24, 2.45) is 5.73 Å². The highest BCUT2D eigenvalue weighted by molar-refractivity contribution is 6.04. The molecular formula is C12H17ClN4O. The van der Waals surface area contributed by atoms with Crippen LogP contribution in [0.2, 0.25) is 0 Å². The molecular weight excluding hydrogens is 252 g/mol. The number of nitrogens with one attached hydrogen (secondary N) is 1. The molecule has 6 heteroatoms. The third-order valence-electron chi connectivity index (χ3n) is 3.00. The number of H-pyrrole nitrogens is 1. The van der Waals surface area contributed by atoms with Crippen molar-refractivity contribution < 1.29 is 4.79 Å². The summed E-state index contributed by atoms with van der Waals surface area (Å²) in [4.78, 5) is 13.8. The lowest BCUT2D eigenvalue weighted by Crippen LogP contribution is -2.39. The van der Waals surface area contributed by atoms with Crippen molar-refractivity contribution in [2.45, 2.75) is 13.0 Å². The molecule has 98 valence electrons. The third-order valence-corrected chi connectivity index (χ3v) is 3.00. The van der Waals surface area contributed by atoms with Crippen molar-refractivity contribution in [2.75, 3.05) is 13.6 Å². The lowest BCUT2D eigenvalue weighted by atomic mass is 10.2. The summed E-state index contributed by atoms with van der Waals surface area (Å²) in [5.74, 6) is -0.111. The number of nitrogens with two attached hydrogens (primary N) is 1. The predicted molar refractivity (Wildman–Crippen MR) is 74.0 cm³/mol. The Morgan fingerprint density at radius 1 is 1.50 bits per heavy atom. The van der Waals surface area contributed by atoms with Crippen molar-refractivity contribution >= 4 is 29.2 Å². The second-order valence-corrected chi connectivity index (χ2v) is 4.12. The summed E-state index contributed by atoms with van der Waals surface area (Å²) in [5.41, 5.74) is 6.87. The molecule has 0 fully saturated rings. The molecule has 1 aromatic heterocycles. The van der Waals surface area contributed by atoms with E-state index in [0.717, 1.165) is 10.9 Å². The SMILES string of the molecule is CC(CN)N(C)C(=O)c1n[nH]c2ccccc12.Cl. The maximum atomic E-state index is 12.2. The molecule has 2 rings (SSSR count). The molecule has 1 amide bonds. The second-order valence-electron chi connectivity index (χ2n) is 4.12. The molecule has 0 saturated heterocycles. The lowest BCUT2D eigenvalue weighted by Gasteiger charge is -2.22. The van der Waals surface area contributed by atoms with Gasteiger partial charge in [-0.15, -0.1) is 12.4 Å². The van der Waals surface area contributed by atoms with Crippen LogP contribution in [0.15, 0.2) is 24.3 Å². The number of rotatable bonds is 3. The molecule has 0 aliphatic carbocycles. The minimum Gasteiger partial charge on any atom is -0.336 e. The van der Waals surface area contributed by atoms with E-state index in [0.29, 0.717) is 12.2 Å². The van der Waals surface area contributed by atoms with Crippen molar-refractivity contribution in [3.05, 3.63) is 30.0 Å². The summed E-state index contributed by atoms with van der Waals surface area (Å²) < 4.78 is 0. The number of hydrogen-bond acceptors (Lipinski definition) is 3. The molecule has 5 nitrogen and oxygen atoms in total. The van der Waals surface area contributed by atoms with Crippen molar-refractivity contribution in [1.82, 2.24) is 15.1 Å². The Bertz CT molecular complexity index is 540. The number of halogens is 1.